The first-order valence-corrected chi connectivity index (χ1v) is 7.42. The summed E-state index contributed by atoms with van der Waals surface area (Å²) in [5.74, 6) is 1.73. The number of carbonyl (C=O) groups is 1. The highest BCUT2D eigenvalue weighted by atomic mass is 35.5. The Hall–Kier alpha value is -2.14. The first kappa shape index (κ1) is 14.8. The van der Waals surface area contributed by atoms with Crippen LogP contribution in [0.25, 0.3) is 0 Å². The van der Waals surface area contributed by atoms with E-state index in [0.717, 1.165) is 5.56 Å². The Labute approximate surface area is 133 Å². The van der Waals surface area contributed by atoms with Gasteiger partial charge in [0, 0.05) is 0 Å². The number of benzene rings is 1. The van der Waals surface area contributed by atoms with Crippen molar-refractivity contribution in [2.45, 2.75) is 19.4 Å². The summed E-state index contributed by atoms with van der Waals surface area (Å²) in [6.45, 7) is 2.83. The monoisotopic (exact) mass is 321 g/mol. The van der Waals surface area contributed by atoms with Crippen LogP contribution in [-0.4, -0.2) is 19.1 Å². The molecular weight excluding hydrogens is 306 g/mol. The summed E-state index contributed by atoms with van der Waals surface area (Å²) < 4.78 is 16.2. The zero-order valence-electron chi connectivity index (χ0n) is 12.1. The fourth-order valence-electron chi connectivity index (χ4n) is 2.35. The molecule has 116 valence electrons. The highest BCUT2D eigenvalue weighted by molar-refractivity contribution is 6.32. The van der Waals surface area contributed by atoms with Crippen molar-refractivity contribution in [3.63, 3.8) is 0 Å². The van der Waals surface area contributed by atoms with Crippen LogP contribution in [0.15, 0.2) is 34.9 Å². The molecule has 2 heterocycles. The van der Waals surface area contributed by atoms with Gasteiger partial charge < -0.3 is 19.2 Å². The number of nitrogens with one attached hydrogen (secondary N) is 1. The average molecular weight is 322 g/mol. The molecule has 0 radical (unpaired) electrons. The van der Waals surface area contributed by atoms with Gasteiger partial charge in [0.05, 0.1) is 23.7 Å². The largest absolute Gasteiger partial charge is 0.486 e. The first-order valence-electron chi connectivity index (χ1n) is 7.04. The Morgan fingerprint density at radius 2 is 2.18 bits per heavy atom. The third-order valence-electron chi connectivity index (χ3n) is 3.37. The van der Waals surface area contributed by atoms with E-state index in [0.29, 0.717) is 35.5 Å². The molecule has 0 unspecified atom stereocenters. The number of amides is 1. The highest BCUT2D eigenvalue weighted by Crippen LogP contribution is 2.38. The maximum Gasteiger partial charge on any atom is 0.225 e. The Morgan fingerprint density at radius 3 is 2.95 bits per heavy atom. The lowest BCUT2D eigenvalue weighted by atomic mass is 10.1. The minimum atomic E-state index is -0.185. The maximum atomic E-state index is 12.1. The third kappa shape index (κ3) is 3.20. The number of rotatable bonds is 4. The number of ether oxygens (including phenoxy) is 2. The minimum absolute atomic E-state index is 0.114. The van der Waals surface area contributed by atoms with E-state index in [1.807, 2.05) is 13.0 Å². The molecule has 0 aliphatic carbocycles. The Morgan fingerprint density at radius 1 is 1.36 bits per heavy atom. The second-order valence-corrected chi connectivity index (χ2v) is 5.49. The van der Waals surface area contributed by atoms with E-state index in [2.05, 4.69) is 5.32 Å². The van der Waals surface area contributed by atoms with Crippen LogP contribution < -0.4 is 14.8 Å². The lowest BCUT2D eigenvalue weighted by Gasteiger charge is -2.20. The van der Waals surface area contributed by atoms with Crippen molar-refractivity contribution in [1.29, 1.82) is 0 Å². The molecule has 1 aliphatic heterocycles. The van der Waals surface area contributed by atoms with Crippen LogP contribution in [0.5, 0.6) is 11.5 Å². The summed E-state index contributed by atoms with van der Waals surface area (Å²) in [4.78, 5) is 12.1. The molecule has 1 aromatic carbocycles. The molecule has 1 aliphatic rings. The van der Waals surface area contributed by atoms with E-state index >= 15 is 0 Å². The number of halogens is 1. The zero-order valence-corrected chi connectivity index (χ0v) is 12.9. The predicted molar refractivity (Wildman–Crippen MR) is 81.4 cm³/mol. The second-order valence-electron chi connectivity index (χ2n) is 5.08. The lowest BCUT2D eigenvalue weighted by Crippen LogP contribution is -2.28. The molecule has 2 aromatic rings. The van der Waals surface area contributed by atoms with Crippen molar-refractivity contribution in [3.05, 3.63) is 46.9 Å². The number of carbonyl (C=O) groups excluding carboxylic acids is 1. The molecule has 0 saturated heterocycles. The summed E-state index contributed by atoms with van der Waals surface area (Å²) in [5, 5.41) is 3.34. The summed E-state index contributed by atoms with van der Waals surface area (Å²) in [7, 11) is 0. The summed E-state index contributed by atoms with van der Waals surface area (Å²) in [6.07, 6.45) is 1.79. The summed E-state index contributed by atoms with van der Waals surface area (Å²) in [5.41, 5.74) is 0.776. The maximum absolute atomic E-state index is 12.1. The quantitative estimate of drug-likeness (QED) is 0.940. The van der Waals surface area contributed by atoms with Gasteiger partial charge in [0.2, 0.25) is 5.91 Å². The molecule has 0 spiro atoms. The Balaban J connectivity index is 1.68. The zero-order chi connectivity index (χ0) is 15.5. The number of hydrogen-bond acceptors (Lipinski definition) is 4. The fourth-order valence-corrected chi connectivity index (χ4v) is 2.64. The van der Waals surface area contributed by atoms with Crippen LogP contribution in [-0.2, 0) is 11.2 Å². The average Bonchev–Trinajstić information content (AvgIpc) is 3.01. The molecule has 1 atom stereocenters. The Bertz CT molecular complexity index is 669. The van der Waals surface area contributed by atoms with Crippen molar-refractivity contribution in [1.82, 2.24) is 5.32 Å². The summed E-state index contributed by atoms with van der Waals surface area (Å²) in [6, 6.07) is 6.95. The molecule has 0 bridgehead atoms. The molecule has 6 heteroatoms. The van der Waals surface area contributed by atoms with Crippen LogP contribution in [0.2, 0.25) is 5.02 Å². The topological polar surface area (TPSA) is 60.7 Å². The molecule has 0 fully saturated rings. The van der Waals surface area contributed by atoms with Crippen molar-refractivity contribution in [2.75, 3.05) is 13.2 Å². The van der Waals surface area contributed by atoms with Crippen molar-refractivity contribution >= 4 is 17.5 Å². The first-order chi connectivity index (χ1) is 10.6. The number of furan rings is 1. The van der Waals surface area contributed by atoms with Crippen LogP contribution in [0.1, 0.15) is 24.3 Å². The van der Waals surface area contributed by atoms with Gasteiger partial charge in [0.1, 0.15) is 19.0 Å². The summed E-state index contributed by atoms with van der Waals surface area (Å²) >= 11 is 6.17. The van der Waals surface area contributed by atoms with E-state index < -0.39 is 0 Å². The lowest BCUT2D eigenvalue weighted by molar-refractivity contribution is -0.121. The molecule has 1 aromatic heterocycles. The van der Waals surface area contributed by atoms with Gasteiger partial charge in [-0.15, -0.1) is 0 Å². The highest BCUT2D eigenvalue weighted by Gasteiger charge is 2.18. The van der Waals surface area contributed by atoms with Gasteiger partial charge in [-0.25, -0.2) is 0 Å². The van der Waals surface area contributed by atoms with E-state index in [1.54, 1.807) is 24.5 Å². The SMILES string of the molecule is C[C@@H](NC(=O)Cc1cc(Cl)c2c(c1)OCCO2)c1ccco1. The van der Waals surface area contributed by atoms with Gasteiger partial charge >= 0.3 is 0 Å². The molecule has 3 rings (SSSR count). The van der Waals surface area contributed by atoms with Gasteiger partial charge in [-0.1, -0.05) is 11.6 Å². The predicted octanol–water partition coefficient (Wildman–Crippen LogP) is 3.12. The van der Waals surface area contributed by atoms with Gasteiger partial charge in [-0.2, -0.15) is 0 Å². The van der Waals surface area contributed by atoms with Gasteiger partial charge in [0.25, 0.3) is 0 Å². The van der Waals surface area contributed by atoms with E-state index in [1.165, 1.54) is 0 Å². The smallest absolute Gasteiger partial charge is 0.225 e. The molecule has 0 saturated carbocycles. The van der Waals surface area contributed by atoms with Crippen molar-refractivity contribution < 1.29 is 18.7 Å². The minimum Gasteiger partial charge on any atom is -0.486 e. The van der Waals surface area contributed by atoms with E-state index in [-0.39, 0.29) is 18.4 Å². The molecule has 1 amide bonds. The van der Waals surface area contributed by atoms with E-state index in [9.17, 15) is 4.79 Å². The molecular formula is C16H16ClNO4. The molecule has 1 N–H and O–H groups in total. The standard InChI is InChI=1S/C16H16ClNO4/c1-10(13-3-2-4-20-13)18-15(19)9-11-7-12(17)16-14(8-11)21-5-6-22-16/h2-4,7-8,10H,5-6,9H2,1H3,(H,18,19)/t10-/m1/s1. The third-order valence-corrected chi connectivity index (χ3v) is 3.65. The van der Waals surface area contributed by atoms with Gasteiger partial charge in [-0.3, -0.25) is 4.79 Å². The van der Waals surface area contributed by atoms with Crippen LogP contribution in [0.4, 0.5) is 0 Å². The number of hydrogen-bond donors (Lipinski definition) is 1. The second kappa shape index (κ2) is 6.32. The molecule has 5 nitrogen and oxygen atoms in total. The van der Waals surface area contributed by atoms with Crippen LogP contribution >= 0.6 is 11.6 Å². The van der Waals surface area contributed by atoms with Gasteiger partial charge in [0.15, 0.2) is 11.5 Å². The van der Waals surface area contributed by atoms with Crippen molar-refractivity contribution in [3.8, 4) is 11.5 Å². The van der Waals surface area contributed by atoms with Crippen LogP contribution in [0.3, 0.4) is 0 Å². The van der Waals surface area contributed by atoms with Crippen molar-refractivity contribution in [2.24, 2.45) is 0 Å². The number of fused-ring (bicyclic) bond motifs is 1. The van der Waals surface area contributed by atoms with Gasteiger partial charge in [-0.05, 0) is 36.8 Å². The van der Waals surface area contributed by atoms with E-state index in [4.69, 9.17) is 25.5 Å². The normalized spacial score (nSPS) is 14.5. The Kier molecular flexibility index (Phi) is 4.24. The molecule has 22 heavy (non-hydrogen) atoms. The fraction of sp³-hybridized carbons (Fsp3) is 0.312. The van der Waals surface area contributed by atoms with Crippen LogP contribution in [0, 0.1) is 0 Å².